The van der Waals surface area contributed by atoms with Crippen LogP contribution in [0, 0.1) is 15.3 Å². The molecule has 2 aromatic heterocycles. The fourth-order valence-electron chi connectivity index (χ4n) is 1.70. The van der Waals surface area contributed by atoms with Crippen LogP contribution in [0.3, 0.4) is 0 Å². The van der Waals surface area contributed by atoms with Gasteiger partial charge in [-0.1, -0.05) is 45.4 Å². The molecule has 0 saturated carbocycles. The fourth-order valence-corrected chi connectivity index (χ4v) is 2.53. The Morgan fingerprint density at radius 3 is 1.82 bits per heavy atom. The molecule has 0 spiro atoms. The maximum absolute atomic E-state index is 11.0. The molecular weight excluding hydrogens is 505 g/mol. The van der Waals surface area contributed by atoms with Crippen LogP contribution >= 0.6 is 27.5 Å². The van der Waals surface area contributed by atoms with Gasteiger partial charge in [-0.15, -0.1) is 0 Å². The van der Waals surface area contributed by atoms with Crippen molar-refractivity contribution < 1.29 is 32.1 Å². The van der Waals surface area contributed by atoms with Gasteiger partial charge in [0.1, 0.15) is 6.29 Å². The summed E-state index contributed by atoms with van der Waals surface area (Å²) in [7, 11) is 0. The number of aldehydes is 1. The van der Waals surface area contributed by atoms with Gasteiger partial charge in [0, 0.05) is 27.5 Å². The van der Waals surface area contributed by atoms with Crippen molar-refractivity contribution in [1.82, 2.24) is 9.97 Å². The van der Waals surface area contributed by atoms with E-state index in [0.29, 0.717) is 15.8 Å². The molecule has 0 aliphatic rings. The molecule has 11 heteroatoms. The molecule has 0 bridgehead atoms. The largest absolute Gasteiger partial charge is 2.00 e. The van der Waals surface area contributed by atoms with Gasteiger partial charge in [0.15, 0.2) is 0 Å². The monoisotopic (exact) mass is 514 g/mol. The number of nitrogens with zero attached hydrogens (tertiary/aromatic N) is 3. The van der Waals surface area contributed by atoms with Crippen LogP contribution in [0.1, 0.15) is 10.4 Å². The van der Waals surface area contributed by atoms with Crippen LogP contribution < -0.4 is 5.11 Å². The molecule has 0 unspecified atom stereocenters. The smallest absolute Gasteiger partial charge is 0.871 e. The summed E-state index contributed by atoms with van der Waals surface area (Å²) in [4.78, 5) is 26.9. The second-order valence-electron chi connectivity index (χ2n) is 4.58. The van der Waals surface area contributed by atoms with Gasteiger partial charge in [0.25, 0.3) is 0 Å². The minimum absolute atomic E-state index is 0. The van der Waals surface area contributed by atoms with Crippen molar-refractivity contribution in [2.45, 2.75) is 0 Å². The van der Waals surface area contributed by atoms with Crippen LogP contribution in [-0.4, -0.2) is 21.3 Å². The van der Waals surface area contributed by atoms with E-state index in [-0.39, 0.29) is 28.4 Å². The Morgan fingerprint density at radius 2 is 1.46 bits per heavy atom. The van der Waals surface area contributed by atoms with Crippen LogP contribution in [-0.2, 0) is 17.1 Å². The van der Waals surface area contributed by atoms with E-state index in [0.717, 1.165) is 11.4 Å². The third-order valence-corrected chi connectivity index (χ3v) is 3.56. The normalized spacial score (nSPS) is 8.79. The number of pyridine rings is 2. The number of hydrogen-bond donors (Lipinski definition) is 0. The van der Waals surface area contributed by atoms with E-state index in [4.69, 9.17) is 26.9 Å². The third kappa shape index (κ3) is 9.43. The molecular formula is C17H11BrClCuN3O5. The Morgan fingerprint density at radius 1 is 1.00 bits per heavy atom. The van der Waals surface area contributed by atoms with Crippen LogP contribution in [0.2, 0.25) is 5.02 Å². The van der Waals surface area contributed by atoms with Gasteiger partial charge < -0.3 is 20.4 Å². The molecule has 2 heterocycles. The van der Waals surface area contributed by atoms with Gasteiger partial charge in [-0.05, 0) is 36.4 Å². The van der Waals surface area contributed by atoms with Gasteiger partial charge in [0.05, 0.1) is 16.5 Å². The Hall–Kier alpha value is -2.52. The maximum atomic E-state index is 11.0. The average molecular weight is 516 g/mol. The SMILES string of the molecule is O=Cc1cc(Cl)cc(Br)c1[O-].O=[N+]([O-])[O-].[Cu+2].c1ccc(-c2ccccn2)nc1. The van der Waals surface area contributed by atoms with Crippen molar-refractivity contribution in [3.05, 3.63) is 91.3 Å². The molecule has 3 rings (SSSR count). The van der Waals surface area contributed by atoms with Crippen LogP contribution in [0.5, 0.6) is 5.75 Å². The summed E-state index contributed by atoms with van der Waals surface area (Å²) in [5.41, 5.74) is 1.90. The van der Waals surface area contributed by atoms with E-state index in [1.165, 1.54) is 12.1 Å². The van der Waals surface area contributed by atoms with Crippen LogP contribution in [0.25, 0.3) is 11.4 Å². The molecule has 0 aliphatic heterocycles. The van der Waals surface area contributed by atoms with Crippen molar-refractivity contribution in [2.24, 2.45) is 0 Å². The topological polar surface area (TPSA) is 132 Å². The predicted octanol–water partition coefficient (Wildman–Crippen LogP) is 3.89. The zero-order chi connectivity index (χ0) is 20.2. The van der Waals surface area contributed by atoms with Gasteiger partial charge in [0.2, 0.25) is 0 Å². The number of rotatable bonds is 2. The minimum Gasteiger partial charge on any atom is -0.871 e. The number of aromatic nitrogens is 2. The summed E-state index contributed by atoms with van der Waals surface area (Å²) < 4.78 is 0.312. The Labute approximate surface area is 183 Å². The second kappa shape index (κ2) is 13.6. The first-order valence-corrected chi connectivity index (χ1v) is 8.27. The Kier molecular flexibility index (Phi) is 12.4. The molecule has 149 valence electrons. The summed E-state index contributed by atoms with van der Waals surface area (Å²) in [5.74, 6) is -0.329. The van der Waals surface area contributed by atoms with Crippen molar-refractivity contribution in [1.29, 1.82) is 0 Å². The van der Waals surface area contributed by atoms with Gasteiger partial charge in [-0.2, -0.15) is 0 Å². The molecule has 1 radical (unpaired) electrons. The predicted molar refractivity (Wildman–Crippen MR) is 102 cm³/mol. The molecule has 1 aromatic carbocycles. The van der Waals surface area contributed by atoms with Crippen molar-refractivity contribution in [3.8, 4) is 17.1 Å². The van der Waals surface area contributed by atoms with Crippen molar-refractivity contribution in [3.63, 3.8) is 0 Å². The van der Waals surface area contributed by atoms with Crippen LogP contribution in [0.4, 0.5) is 0 Å². The molecule has 0 amide bonds. The summed E-state index contributed by atoms with van der Waals surface area (Å²) in [6.07, 6.45) is 4.02. The third-order valence-electron chi connectivity index (χ3n) is 2.76. The number of carbonyl (C=O) groups excluding carboxylic acids is 1. The quantitative estimate of drug-likeness (QED) is 0.219. The summed E-state index contributed by atoms with van der Waals surface area (Å²) in [6.45, 7) is 0. The fraction of sp³-hybridized carbons (Fsp3) is 0. The average Bonchev–Trinajstić information content (AvgIpc) is 2.66. The zero-order valence-corrected chi connectivity index (χ0v) is 17.1. The first-order chi connectivity index (χ1) is 12.8. The number of benzene rings is 1. The maximum Gasteiger partial charge on any atom is 2.00 e. The first-order valence-electron chi connectivity index (χ1n) is 7.10. The van der Waals surface area contributed by atoms with Crippen molar-refractivity contribution >= 4 is 33.8 Å². The van der Waals surface area contributed by atoms with E-state index < -0.39 is 5.09 Å². The van der Waals surface area contributed by atoms with E-state index in [1.54, 1.807) is 12.4 Å². The number of carbonyl (C=O) groups is 1. The van der Waals surface area contributed by atoms with E-state index in [9.17, 15) is 9.90 Å². The molecule has 8 nitrogen and oxygen atoms in total. The van der Waals surface area contributed by atoms with E-state index in [2.05, 4.69) is 25.9 Å². The molecule has 0 atom stereocenters. The molecule has 0 fully saturated rings. The standard InChI is InChI=1S/C10H8N2.C7H4BrClO2.Cu.NO3/c1-3-7-11-9(5-1)10-6-2-4-8-12-10;8-6-2-5(9)1-4(3-10)7(6)11;;2-1(3)4/h1-8H;1-3,11H;;/q;;+2;-1/p-1. The van der Waals surface area contributed by atoms with E-state index >= 15 is 0 Å². The molecule has 0 aliphatic carbocycles. The molecule has 0 N–H and O–H groups in total. The summed E-state index contributed by atoms with van der Waals surface area (Å²) in [5, 5.41) is 26.1. The van der Waals surface area contributed by atoms with Crippen LogP contribution in [0.15, 0.2) is 65.4 Å². The van der Waals surface area contributed by atoms with Gasteiger partial charge in [-0.3, -0.25) is 14.8 Å². The van der Waals surface area contributed by atoms with Crippen molar-refractivity contribution in [2.75, 3.05) is 0 Å². The Bertz CT molecular complexity index is 847. The first kappa shape index (κ1) is 25.5. The number of hydrogen-bond acceptors (Lipinski definition) is 7. The van der Waals surface area contributed by atoms with Gasteiger partial charge >= 0.3 is 17.1 Å². The van der Waals surface area contributed by atoms with Gasteiger partial charge in [-0.25, -0.2) is 0 Å². The Balaban J connectivity index is 0.000000428. The summed E-state index contributed by atoms with van der Waals surface area (Å²) in [6, 6.07) is 14.4. The molecule has 0 saturated heterocycles. The molecule has 28 heavy (non-hydrogen) atoms. The second-order valence-corrected chi connectivity index (χ2v) is 5.87. The van der Waals surface area contributed by atoms with E-state index in [1.807, 2.05) is 36.4 Å². The number of halogens is 2. The minimum atomic E-state index is -1.75. The zero-order valence-electron chi connectivity index (χ0n) is 13.8. The molecule has 3 aromatic rings. The summed E-state index contributed by atoms with van der Waals surface area (Å²) >= 11 is 8.55.